The highest BCUT2D eigenvalue weighted by atomic mass is 32.1. The molecule has 0 saturated heterocycles. The number of carbonyl (C=O) groups excluding carboxylic acids is 1. The Morgan fingerprint density at radius 1 is 1.29 bits per heavy atom. The predicted octanol–water partition coefficient (Wildman–Crippen LogP) is 4.10. The fourth-order valence-corrected chi connectivity index (χ4v) is 3.52. The molecule has 0 spiro atoms. The molecule has 0 bridgehead atoms. The van der Waals surface area contributed by atoms with Crippen LogP contribution in [0.5, 0.6) is 0 Å². The second-order valence-corrected chi connectivity index (χ2v) is 7.10. The number of hydrogen-bond acceptors (Lipinski definition) is 7. The van der Waals surface area contributed by atoms with Gasteiger partial charge in [0.05, 0.1) is 33.8 Å². The summed E-state index contributed by atoms with van der Waals surface area (Å²) >= 11 is 1.55. The van der Waals surface area contributed by atoms with Crippen LogP contribution in [-0.4, -0.2) is 21.0 Å². The Labute approximate surface area is 163 Å². The molecule has 1 N–H and O–H groups in total. The molecule has 0 unspecified atom stereocenters. The second-order valence-electron chi connectivity index (χ2n) is 6.07. The molecule has 1 amide bonds. The van der Waals surface area contributed by atoms with Gasteiger partial charge in [-0.25, -0.2) is 4.98 Å². The maximum atomic E-state index is 12.9. The van der Waals surface area contributed by atoms with Crippen molar-refractivity contribution in [2.75, 3.05) is 0 Å². The molecule has 3 heterocycles. The van der Waals surface area contributed by atoms with Crippen molar-refractivity contribution in [1.82, 2.24) is 15.5 Å². The van der Waals surface area contributed by atoms with Crippen molar-refractivity contribution >= 4 is 34.0 Å². The Morgan fingerprint density at radius 2 is 2.14 bits per heavy atom. The van der Waals surface area contributed by atoms with Gasteiger partial charge in [0.15, 0.2) is 0 Å². The zero-order valence-electron chi connectivity index (χ0n) is 14.7. The van der Waals surface area contributed by atoms with Gasteiger partial charge in [0.25, 0.3) is 17.3 Å². The third-order valence-corrected chi connectivity index (χ3v) is 5.09. The zero-order valence-corrected chi connectivity index (χ0v) is 15.5. The number of nitro benzene ring substituents is 1. The van der Waals surface area contributed by atoms with E-state index in [9.17, 15) is 14.9 Å². The van der Waals surface area contributed by atoms with Crippen LogP contribution in [0.3, 0.4) is 0 Å². The summed E-state index contributed by atoms with van der Waals surface area (Å²) in [6.07, 6.45) is 0. The molecule has 4 aromatic rings. The number of pyridine rings is 1. The first-order valence-corrected chi connectivity index (χ1v) is 9.23. The lowest BCUT2D eigenvalue weighted by Crippen LogP contribution is -2.22. The number of thiophene rings is 1. The molecule has 9 heteroatoms. The summed E-state index contributed by atoms with van der Waals surface area (Å²) in [5, 5.41) is 20.3. The van der Waals surface area contributed by atoms with Crippen molar-refractivity contribution < 1.29 is 14.2 Å². The van der Waals surface area contributed by atoms with Crippen LogP contribution in [-0.2, 0) is 6.54 Å². The lowest BCUT2D eigenvalue weighted by Gasteiger charge is -2.08. The normalized spacial score (nSPS) is 10.9. The SMILES string of the molecule is Cc1noc2nc(-c3cccc([N+](=O)[O-])c3)cc(C(=O)NCc3cccs3)c12. The minimum atomic E-state index is -0.477. The maximum absolute atomic E-state index is 12.9. The quantitative estimate of drug-likeness (QED) is 0.403. The first kappa shape index (κ1) is 17.8. The molecule has 0 aliphatic rings. The Kier molecular flexibility index (Phi) is 4.58. The van der Waals surface area contributed by atoms with E-state index in [1.165, 1.54) is 12.1 Å². The number of nitrogens with one attached hydrogen (secondary N) is 1. The highest BCUT2D eigenvalue weighted by Gasteiger charge is 2.20. The molecule has 0 aliphatic heterocycles. The van der Waals surface area contributed by atoms with Crippen molar-refractivity contribution in [1.29, 1.82) is 0 Å². The molecule has 0 fully saturated rings. The van der Waals surface area contributed by atoms with Crippen LogP contribution in [0.2, 0.25) is 0 Å². The van der Waals surface area contributed by atoms with Crippen LogP contribution in [0, 0.1) is 17.0 Å². The average Bonchev–Trinajstić information content (AvgIpc) is 3.35. The summed E-state index contributed by atoms with van der Waals surface area (Å²) in [5.74, 6) is -0.293. The van der Waals surface area contributed by atoms with Crippen molar-refractivity contribution in [3.05, 3.63) is 74.1 Å². The van der Waals surface area contributed by atoms with E-state index in [0.717, 1.165) is 4.88 Å². The first-order valence-electron chi connectivity index (χ1n) is 8.35. The molecule has 0 atom stereocenters. The Bertz CT molecular complexity index is 1180. The van der Waals surface area contributed by atoms with Crippen LogP contribution >= 0.6 is 11.3 Å². The molecule has 28 heavy (non-hydrogen) atoms. The summed E-state index contributed by atoms with van der Waals surface area (Å²) in [5.41, 5.74) is 1.97. The minimum absolute atomic E-state index is 0.0585. The van der Waals surface area contributed by atoms with E-state index < -0.39 is 4.92 Å². The van der Waals surface area contributed by atoms with E-state index in [1.807, 2.05) is 17.5 Å². The van der Waals surface area contributed by atoms with Gasteiger partial charge >= 0.3 is 0 Å². The van der Waals surface area contributed by atoms with Gasteiger partial charge in [-0.15, -0.1) is 11.3 Å². The lowest BCUT2D eigenvalue weighted by atomic mass is 10.0. The van der Waals surface area contributed by atoms with Crippen molar-refractivity contribution in [3.63, 3.8) is 0 Å². The number of rotatable bonds is 5. The fraction of sp³-hybridized carbons (Fsp3) is 0.105. The lowest BCUT2D eigenvalue weighted by molar-refractivity contribution is -0.384. The highest BCUT2D eigenvalue weighted by molar-refractivity contribution is 7.09. The zero-order chi connectivity index (χ0) is 19.7. The molecule has 0 radical (unpaired) electrons. The van der Waals surface area contributed by atoms with Gasteiger partial charge in [0.1, 0.15) is 0 Å². The third-order valence-electron chi connectivity index (χ3n) is 4.22. The van der Waals surface area contributed by atoms with E-state index in [0.29, 0.717) is 34.4 Å². The van der Waals surface area contributed by atoms with Crippen molar-refractivity contribution in [2.45, 2.75) is 13.5 Å². The maximum Gasteiger partial charge on any atom is 0.270 e. The van der Waals surface area contributed by atoms with Crippen LogP contribution in [0.25, 0.3) is 22.4 Å². The van der Waals surface area contributed by atoms with Crippen LogP contribution in [0.15, 0.2) is 52.4 Å². The van der Waals surface area contributed by atoms with Gasteiger partial charge in [-0.05, 0) is 24.4 Å². The second kappa shape index (κ2) is 7.20. The number of carbonyl (C=O) groups is 1. The Hall–Kier alpha value is -3.59. The van der Waals surface area contributed by atoms with E-state index in [-0.39, 0.29) is 17.3 Å². The summed E-state index contributed by atoms with van der Waals surface area (Å²) in [6, 6.07) is 11.5. The number of aromatic nitrogens is 2. The number of aryl methyl sites for hydroxylation is 1. The molecule has 0 saturated carbocycles. The van der Waals surface area contributed by atoms with E-state index in [1.54, 1.807) is 36.5 Å². The van der Waals surface area contributed by atoms with Crippen molar-refractivity contribution in [3.8, 4) is 11.3 Å². The number of benzene rings is 1. The summed E-state index contributed by atoms with van der Waals surface area (Å²) in [6.45, 7) is 2.13. The molecule has 0 aliphatic carbocycles. The fourth-order valence-electron chi connectivity index (χ4n) is 2.88. The topological polar surface area (TPSA) is 111 Å². The number of hydrogen-bond donors (Lipinski definition) is 1. The first-order chi connectivity index (χ1) is 13.5. The van der Waals surface area contributed by atoms with Gasteiger partial charge in [-0.1, -0.05) is 23.4 Å². The number of amides is 1. The van der Waals surface area contributed by atoms with Gasteiger partial charge in [-0.2, -0.15) is 0 Å². The van der Waals surface area contributed by atoms with Crippen LogP contribution < -0.4 is 5.32 Å². The average molecular weight is 394 g/mol. The smallest absolute Gasteiger partial charge is 0.270 e. The Balaban J connectivity index is 1.76. The number of nitrogens with zero attached hydrogens (tertiary/aromatic N) is 3. The van der Waals surface area contributed by atoms with Crippen molar-refractivity contribution in [2.24, 2.45) is 0 Å². The van der Waals surface area contributed by atoms with Gasteiger partial charge in [0.2, 0.25) is 0 Å². The molecule has 3 aromatic heterocycles. The number of nitro groups is 1. The minimum Gasteiger partial charge on any atom is -0.347 e. The Morgan fingerprint density at radius 3 is 2.89 bits per heavy atom. The summed E-state index contributed by atoms with van der Waals surface area (Å²) in [7, 11) is 0. The van der Waals surface area contributed by atoms with Gasteiger partial charge in [-0.3, -0.25) is 14.9 Å². The van der Waals surface area contributed by atoms with Gasteiger partial charge in [0, 0.05) is 22.6 Å². The van der Waals surface area contributed by atoms with E-state index in [2.05, 4.69) is 15.5 Å². The standard InChI is InChI=1S/C19H14N4O4S/c1-11-17-15(18(24)20-10-14-6-3-7-28-14)9-16(21-19(17)27-22-11)12-4-2-5-13(8-12)23(25)26/h2-9H,10H2,1H3,(H,20,24). The highest BCUT2D eigenvalue weighted by Crippen LogP contribution is 2.28. The predicted molar refractivity (Wildman–Crippen MR) is 104 cm³/mol. The molecule has 8 nitrogen and oxygen atoms in total. The third kappa shape index (κ3) is 3.35. The molecular weight excluding hydrogens is 380 g/mol. The molecule has 4 rings (SSSR count). The van der Waals surface area contributed by atoms with E-state index >= 15 is 0 Å². The molecular formula is C19H14N4O4S. The molecule has 140 valence electrons. The number of fused-ring (bicyclic) bond motifs is 1. The number of non-ortho nitro benzene ring substituents is 1. The largest absolute Gasteiger partial charge is 0.347 e. The van der Waals surface area contributed by atoms with Gasteiger partial charge < -0.3 is 9.84 Å². The summed E-state index contributed by atoms with van der Waals surface area (Å²) in [4.78, 5) is 28.9. The van der Waals surface area contributed by atoms with E-state index in [4.69, 9.17) is 4.52 Å². The van der Waals surface area contributed by atoms with Crippen LogP contribution in [0.1, 0.15) is 20.9 Å². The van der Waals surface area contributed by atoms with Crippen LogP contribution in [0.4, 0.5) is 5.69 Å². The molecule has 1 aromatic carbocycles. The monoisotopic (exact) mass is 394 g/mol. The summed E-state index contributed by atoms with van der Waals surface area (Å²) < 4.78 is 5.26.